The Balaban J connectivity index is 2.48. The second kappa shape index (κ2) is 7.74. The maximum absolute atomic E-state index is 13.4. The van der Waals surface area contributed by atoms with Crippen LogP contribution in [0.1, 0.15) is 32.3 Å². The van der Waals surface area contributed by atoms with E-state index in [0.29, 0.717) is 11.3 Å². The summed E-state index contributed by atoms with van der Waals surface area (Å²) in [6, 6.07) is 4.57. The van der Waals surface area contributed by atoms with Crippen molar-refractivity contribution in [3.63, 3.8) is 0 Å². The van der Waals surface area contributed by atoms with E-state index in [4.69, 9.17) is 10.5 Å². The van der Waals surface area contributed by atoms with Gasteiger partial charge in [0, 0.05) is 24.2 Å². The van der Waals surface area contributed by atoms with Crippen LogP contribution in [-0.4, -0.2) is 18.6 Å². The number of hydrogen-bond acceptors (Lipinski definition) is 3. The Bertz CT molecular complexity index is 420. The van der Waals surface area contributed by atoms with Crippen molar-refractivity contribution in [3.8, 4) is 5.75 Å². The second-order valence-electron chi connectivity index (χ2n) is 4.33. The summed E-state index contributed by atoms with van der Waals surface area (Å²) < 4.78 is 18.7. The van der Waals surface area contributed by atoms with Gasteiger partial charge in [-0.1, -0.05) is 19.9 Å². The molecule has 0 saturated carbocycles. The molecule has 1 aromatic carbocycles. The first-order valence-electron chi connectivity index (χ1n) is 6.51. The van der Waals surface area contributed by atoms with Crippen molar-refractivity contribution in [2.24, 2.45) is 5.73 Å². The highest BCUT2D eigenvalue weighted by molar-refractivity contribution is 5.77. The van der Waals surface area contributed by atoms with Gasteiger partial charge in [-0.05, 0) is 18.9 Å². The number of amides is 1. The highest BCUT2D eigenvalue weighted by Gasteiger charge is 2.09. The molecule has 0 heterocycles. The lowest BCUT2D eigenvalue weighted by Gasteiger charge is -2.15. The number of ether oxygens (including phenoxy) is 1. The minimum Gasteiger partial charge on any atom is -0.484 e. The molecule has 0 aliphatic carbocycles. The quantitative estimate of drug-likeness (QED) is 0.794. The van der Waals surface area contributed by atoms with Gasteiger partial charge in [0.1, 0.15) is 11.6 Å². The summed E-state index contributed by atoms with van der Waals surface area (Å²) in [5.41, 5.74) is 5.79. The number of benzene rings is 1. The van der Waals surface area contributed by atoms with E-state index < -0.39 is 5.82 Å². The lowest BCUT2D eigenvalue weighted by atomic mass is 10.2. The molecule has 0 unspecified atom stereocenters. The van der Waals surface area contributed by atoms with E-state index in [1.807, 2.05) is 13.8 Å². The van der Waals surface area contributed by atoms with E-state index >= 15 is 0 Å². The fourth-order valence-corrected chi connectivity index (χ4v) is 1.69. The summed E-state index contributed by atoms with van der Waals surface area (Å²) in [5.74, 6) is -0.285. The molecule has 1 rings (SSSR count). The van der Waals surface area contributed by atoms with E-state index in [0.717, 1.165) is 12.8 Å². The van der Waals surface area contributed by atoms with E-state index in [2.05, 4.69) is 5.32 Å². The predicted molar refractivity (Wildman–Crippen MR) is 72.3 cm³/mol. The molecule has 0 atom stereocenters. The molecule has 1 amide bonds. The maximum atomic E-state index is 13.4. The normalized spacial score (nSPS) is 10.6. The zero-order valence-corrected chi connectivity index (χ0v) is 11.4. The smallest absolute Gasteiger partial charge is 0.258 e. The number of carbonyl (C=O) groups is 1. The summed E-state index contributed by atoms with van der Waals surface area (Å²) in [6.45, 7) is 4.05. The molecule has 19 heavy (non-hydrogen) atoms. The van der Waals surface area contributed by atoms with Crippen LogP contribution in [0, 0.1) is 5.82 Å². The molecule has 0 radical (unpaired) electrons. The van der Waals surface area contributed by atoms with Crippen LogP contribution in [0.15, 0.2) is 18.2 Å². The van der Waals surface area contributed by atoms with E-state index in [9.17, 15) is 9.18 Å². The largest absolute Gasteiger partial charge is 0.484 e. The molecule has 4 nitrogen and oxygen atoms in total. The molecule has 5 heteroatoms. The summed E-state index contributed by atoms with van der Waals surface area (Å²) in [7, 11) is 0. The third-order valence-electron chi connectivity index (χ3n) is 2.97. The number of nitrogens with one attached hydrogen (secondary N) is 1. The molecule has 106 valence electrons. The van der Waals surface area contributed by atoms with Gasteiger partial charge >= 0.3 is 0 Å². The monoisotopic (exact) mass is 268 g/mol. The topological polar surface area (TPSA) is 64.3 Å². The highest BCUT2D eigenvalue weighted by atomic mass is 19.1. The first-order chi connectivity index (χ1) is 9.10. The van der Waals surface area contributed by atoms with Crippen LogP contribution in [0.4, 0.5) is 4.39 Å². The first-order valence-corrected chi connectivity index (χ1v) is 6.51. The molecule has 0 aromatic heterocycles. The number of carbonyl (C=O) groups excluding carboxylic acids is 1. The van der Waals surface area contributed by atoms with Gasteiger partial charge in [-0.15, -0.1) is 0 Å². The Morgan fingerprint density at radius 3 is 2.63 bits per heavy atom. The fourth-order valence-electron chi connectivity index (χ4n) is 1.69. The maximum Gasteiger partial charge on any atom is 0.258 e. The van der Waals surface area contributed by atoms with Crippen molar-refractivity contribution in [1.29, 1.82) is 0 Å². The molecule has 0 saturated heterocycles. The minimum atomic E-state index is -0.416. The van der Waals surface area contributed by atoms with Gasteiger partial charge in [0.05, 0.1) is 0 Å². The molecule has 0 bridgehead atoms. The van der Waals surface area contributed by atoms with Gasteiger partial charge in [0.2, 0.25) is 0 Å². The molecule has 0 spiro atoms. The van der Waals surface area contributed by atoms with Crippen LogP contribution in [0.25, 0.3) is 0 Å². The van der Waals surface area contributed by atoms with Gasteiger partial charge < -0.3 is 15.8 Å². The number of hydrogen-bond donors (Lipinski definition) is 2. The van der Waals surface area contributed by atoms with E-state index in [1.165, 1.54) is 6.07 Å². The molecule has 3 N–H and O–H groups in total. The third kappa shape index (κ3) is 4.87. The van der Waals surface area contributed by atoms with Gasteiger partial charge in [-0.2, -0.15) is 0 Å². The number of halogens is 1. The Hall–Kier alpha value is -1.62. The summed E-state index contributed by atoms with van der Waals surface area (Å²) in [5, 5.41) is 2.85. The number of nitrogens with two attached hydrogens (primary N) is 1. The summed E-state index contributed by atoms with van der Waals surface area (Å²) in [4.78, 5) is 11.6. The minimum absolute atomic E-state index is 0.113. The van der Waals surface area contributed by atoms with Gasteiger partial charge in [-0.25, -0.2) is 4.39 Å². The fraction of sp³-hybridized carbons (Fsp3) is 0.500. The highest BCUT2D eigenvalue weighted by Crippen LogP contribution is 2.16. The van der Waals surface area contributed by atoms with E-state index in [-0.39, 0.29) is 25.1 Å². The predicted octanol–water partition coefficient (Wildman–Crippen LogP) is 1.97. The van der Waals surface area contributed by atoms with Crippen LogP contribution < -0.4 is 15.8 Å². The van der Waals surface area contributed by atoms with Crippen molar-refractivity contribution in [1.82, 2.24) is 5.32 Å². The van der Waals surface area contributed by atoms with Crippen LogP contribution in [0.5, 0.6) is 5.75 Å². The Morgan fingerprint density at radius 2 is 2.11 bits per heavy atom. The van der Waals surface area contributed by atoms with Gasteiger partial charge in [0.15, 0.2) is 6.61 Å². The number of rotatable bonds is 7. The van der Waals surface area contributed by atoms with Crippen LogP contribution in [0.3, 0.4) is 0 Å². The summed E-state index contributed by atoms with van der Waals surface area (Å²) >= 11 is 0. The van der Waals surface area contributed by atoms with Gasteiger partial charge in [-0.3, -0.25) is 4.79 Å². The Labute approximate surface area is 113 Å². The Morgan fingerprint density at radius 1 is 1.42 bits per heavy atom. The zero-order valence-electron chi connectivity index (χ0n) is 11.4. The molecular formula is C14H21FN2O2. The van der Waals surface area contributed by atoms with Crippen molar-refractivity contribution >= 4 is 5.91 Å². The zero-order chi connectivity index (χ0) is 14.3. The SMILES string of the molecule is CCC(CC)NC(=O)COc1ccc(CN)c(F)c1. The first kappa shape index (κ1) is 15.4. The third-order valence-corrected chi connectivity index (χ3v) is 2.97. The molecular weight excluding hydrogens is 247 g/mol. The van der Waals surface area contributed by atoms with Crippen molar-refractivity contribution < 1.29 is 13.9 Å². The standard InChI is InChI=1S/C14H21FN2O2/c1-3-11(4-2)17-14(18)9-19-12-6-5-10(8-16)13(15)7-12/h5-7,11H,3-4,8-9,16H2,1-2H3,(H,17,18). The average molecular weight is 268 g/mol. The lowest BCUT2D eigenvalue weighted by molar-refractivity contribution is -0.123. The van der Waals surface area contributed by atoms with Crippen LogP contribution in [0.2, 0.25) is 0 Å². The molecule has 0 fully saturated rings. The molecule has 0 aliphatic heterocycles. The molecule has 1 aromatic rings. The van der Waals surface area contributed by atoms with Gasteiger partial charge in [0.25, 0.3) is 5.91 Å². The van der Waals surface area contributed by atoms with Crippen molar-refractivity contribution in [3.05, 3.63) is 29.6 Å². The van der Waals surface area contributed by atoms with Crippen LogP contribution >= 0.6 is 0 Å². The molecule has 0 aliphatic rings. The van der Waals surface area contributed by atoms with E-state index in [1.54, 1.807) is 12.1 Å². The van der Waals surface area contributed by atoms with Crippen molar-refractivity contribution in [2.45, 2.75) is 39.3 Å². The lowest BCUT2D eigenvalue weighted by Crippen LogP contribution is -2.37. The summed E-state index contributed by atoms with van der Waals surface area (Å²) in [6.07, 6.45) is 1.75. The Kier molecular flexibility index (Phi) is 6.29. The van der Waals surface area contributed by atoms with Crippen LogP contribution in [-0.2, 0) is 11.3 Å². The average Bonchev–Trinajstić information content (AvgIpc) is 2.42. The second-order valence-corrected chi connectivity index (χ2v) is 4.33. The van der Waals surface area contributed by atoms with Crippen molar-refractivity contribution in [2.75, 3.05) is 6.61 Å².